The molecule has 0 saturated heterocycles. The Bertz CT molecular complexity index is 426. The zero-order valence-corrected chi connectivity index (χ0v) is 11.2. The van der Waals surface area contributed by atoms with Crippen LogP contribution < -0.4 is 16.4 Å². The van der Waals surface area contributed by atoms with Gasteiger partial charge in [-0.2, -0.15) is 0 Å². The van der Waals surface area contributed by atoms with Crippen molar-refractivity contribution in [2.75, 3.05) is 13.1 Å². The molecule has 0 radical (unpaired) electrons. The van der Waals surface area contributed by atoms with E-state index < -0.39 is 5.97 Å². The van der Waals surface area contributed by atoms with Crippen molar-refractivity contribution >= 4 is 24.4 Å². The van der Waals surface area contributed by atoms with Crippen molar-refractivity contribution in [2.45, 2.75) is 13.0 Å². The summed E-state index contributed by atoms with van der Waals surface area (Å²) in [6.45, 7) is 1.34. The van der Waals surface area contributed by atoms with Crippen LogP contribution in [0.15, 0.2) is 24.3 Å². The molecule has 1 aromatic rings. The van der Waals surface area contributed by atoms with Crippen LogP contribution >= 0.6 is 12.4 Å². The molecular weight excluding hydrogens is 270 g/mol. The molecule has 0 aliphatic heterocycles. The molecule has 1 rings (SSSR count). The van der Waals surface area contributed by atoms with Crippen molar-refractivity contribution in [2.24, 2.45) is 5.73 Å². The maximum atomic E-state index is 11.3. The topological polar surface area (TPSA) is 104 Å². The molecule has 0 bridgehead atoms. The number of benzene rings is 1. The average Bonchev–Trinajstić information content (AvgIpc) is 2.37. The normalized spacial score (nSPS) is 9.32. The Morgan fingerprint density at radius 3 is 2.63 bits per heavy atom. The molecule has 0 aliphatic carbocycles. The van der Waals surface area contributed by atoms with Gasteiger partial charge in [0.1, 0.15) is 0 Å². The minimum absolute atomic E-state index is 0. The Labute approximate surface area is 117 Å². The van der Waals surface area contributed by atoms with Gasteiger partial charge in [0.05, 0.1) is 5.56 Å². The molecule has 6 nitrogen and oxygen atoms in total. The SMILES string of the molecule is Cl.NCCCNC(=O)NCc1cccc(C(=O)O)c1. The van der Waals surface area contributed by atoms with E-state index in [1.165, 1.54) is 12.1 Å². The van der Waals surface area contributed by atoms with Gasteiger partial charge in [0.25, 0.3) is 0 Å². The van der Waals surface area contributed by atoms with Crippen LogP contribution in [0.5, 0.6) is 0 Å². The molecular formula is C12H18ClN3O3. The third-order valence-electron chi connectivity index (χ3n) is 2.29. The lowest BCUT2D eigenvalue weighted by Crippen LogP contribution is -2.36. The second-order valence-corrected chi connectivity index (χ2v) is 3.76. The zero-order chi connectivity index (χ0) is 13.4. The molecule has 0 heterocycles. The largest absolute Gasteiger partial charge is 0.478 e. The lowest BCUT2D eigenvalue weighted by atomic mass is 10.1. The number of amides is 2. The molecule has 0 aromatic heterocycles. The minimum atomic E-state index is -0.982. The quantitative estimate of drug-likeness (QED) is 0.585. The van der Waals surface area contributed by atoms with Crippen LogP contribution in [-0.2, 0) is 6.54 Å². The van der Waals surface area contributed by atoms with Crippen molar-refractivity contribution in [1.82, 2.24) is 10.6 Å². The third kappa shape index (κ3) is 6.64. The molecule has 106 valence electrons. The highest BCUT2D eigenvalue weighted by Gasteiger charge is 2.04. The fraction of sp³-hybridized carbons (Fsp3) is 0.333. The van der Waals surface area contributed by atoms with E-state index in [0.717, 1.165) is 12.0 Å². The summed E-state index contributed by atoms with van der Waals surface area (Å²) in [5, 5.41) is 14.1. The number of hydrogen-bond acceptors (Lipinski definition) is 3. The van der Waals surface area contributed by atoms with Crippen molar-refractivity contribution in [3.8, 4) is 0 Å². The molecule has 0 unspecified atom stereocenters. The van der Waals surface area contributed by atoms with Crippen LogP contribution in [0, 0.1) is 0 Å². The Hall–Kier alpha value is -1.79. The monoisotopic (exact) mass is 287 g/mol. The minimum Gasteiger partial charge on any atom is -0.478 e. The summed E-state index contributed by atoms with van der Waals surface area (Å²) in [4.78, 5) is 22.1. The van der Waals surface area contributed by atoms with Crippen LogP contribution in [0.2, 0.25) is 0 Å². The standard InChI is InChI=1S/C12H17N3O3.ClH/c13-5-2-6-14-12(18)15-8-9-3-1-4-10(7-9)11(16)17;/h1,3-4,7H,2,5-6,8,13H2,(H,16,17)(H2,14,15,18);1H. The Balaban J connectivity index is 0.00000324. The van der Waals surface area contributed by atoms with Gasteiger partial charge in [0, 0.05) is 13.1 Å². The predicted molar refractivity (Wildman–Crippen MR) is 74.6 cm³/mol. The van der Waals surface area contributed by atoms with Crippen LogP contribution in [-0.4, -0.2) is 30.2 Å². The summed E-state index contributed by atoms with van der Waals surface area (Å²) in [7, 11) is 0. The molecule has 0 saturated carbocycles. The molecule has 1 aromatic carbocycles. The first kappa shape index (κ1) is 17.2. The smallest absolute Gasteiger partial charge is 0.335 e. The molecule has 0 atom stereocenters. The van der Waals surface area contributed by atoms with E-state index in [-0.39, 0.29) is 30.5 Å². The van der Waals surface area contributed by atoms with E-state index >= 15 is 0 Å². The highest BCUT2D eigenvalue weighted by molar-refractivity contribution is 5.87. The lowest BCUT2D eigenvalue weighted by molar-refractivity contribution is 0.0696. The number of rotatable bonds is 6. The van der Waals surface area contributed by atoms with Gasteiger partial charge in [-0.25, -0.2) is 9.59 Å². The van der Waals surface area contributed by atoms with E-state index in [4.69, 9.17) is 10.8 Å². The molecule has 0 fully saturated rings. The summed E-state index contributed by atoms with van der Waals surface area (Å²) >= 11 is 0. The van der Waals surface area contributed by atoms with Gasteiger partial charge in [-0.15, -0.1) is 12.4 Å². The highest BCUT2D eigenvalue weighted by Crippen LogP contribution is 2.04. The van der Waals surface area contributed by atoms with Crippen molar-refractivity contribution in [1.29, 1.82) is 0 Å². The lowest BCUT2D eigenvalue weighted by Gasteiger charge is -2.07. The molecule has 0 aliphatic rings. The first-order valence-electron chi connectivity index (χ1n) is 5.67. The van der Waals surface area contributed by atoms with Gasteiger partial charge < -0.3 is 21.5 Å². The fourth-order valence-corrected chi connectivity index (χ4v) is 1.36. The molecule has 19 heavy (non-hydrogen) atoms. The van der Waals surface area contributed by atoms with Crippen LogP contribution in [0.3, 0.4) is 0 Å². The van der Waals surface area contributed by atoms with Gasteiger partial charge in [-0.05, 0) is 30.7 Å². The fourth-order valence-electron chi connectivity index (χ4n) is 1.36. The molecule has 2 amide bonds. The second kappa shape index (κ2) is 9.18. The predicted octanol–water partition coefficient (Wildman–Crippen LogP) is 0.955. The van der Waals surface area contributed by atoms with E-state index in [1.54, 1.807) is 12.1 Å². The van der Waals surface area contributed by atoms with Gasteiger partial charge in [0.15, 0.2) is 0 Å². The van der Waals surface area contributed by atoms with Crippen LogP contribution in [0.1, 0.15) is 22.3 Å². The van der Waals surface area contributed by atoms with Gasteiger partial charge in [0.2, 0.25) is 0 Å². The number of carbonyl (C=O) groups is 2. The van der Waals surface area contributed by atoms with Crippen LogP contribution in [0.4, 0.5) is 4.79 Å². The first-order valence-corrected chi connectivity index (χ1v) is 5.67. The number of carbonyl (C=O) groups excluding carboxylic acids is 1. The number of aromatic carboxylic acids is 1. The van der Waals surface area contributed by atoms with E-state index in [1.807, 2.05) is 0 Å². The number of carboxylic acid groups (broad SMARTS) is 1. The third-order valence-corrected chi connectivity index (χ3v) is 2.29. The number of urea groups is 1. The van der Waals surface area contributed by atoms with Crippen molar-refractivity contribution < 1.29 is 14.7 Å². The van der Waals surface area contributed by atoms with E-state index in [0.29, 0.717) is 13.1 Å². The van der Waals surface area contributed by atoms with E-state index in [9.17, 15) is 9.59 Å². The number of hydrogen-bond donors (Lipinski definition) is 4. The average molecular weight is 288 g/mol. The number of halogens is 1. The van der Waals surface area contributed by atoms with Gasteiger partial charge in [-0.1, -0.05) is 12.1 Å². The van der Waals surface area contributed by atoms with Gasteiger partial charge in [-0.3, -0.25) is 0 Å². The molecule has 7 heteroatoms. The molecule has 5 N–H and O–H groups in total. The maximum Gasteiger partial charge on any atom is 0.335 e. The zero-order valence-electron chi connectivity index (χ0n) is 10.4. The summed E-state index contributed by atoms with van der Waals surface area (Å²) < 4.78 is 0. The summed E-state index contributed by atoms with van der Waals surface area (Å²) in [6.07, 6.45) is 0.724. The van der Waals surface area contributed by atoms with Crippen molar-refractivity contribution in [3.05, 3.63) is 35.4 Å². The van der Waals surface area contributed by atoms with E-state index in [2.05, 4.69) is 10.6 Å². The van der Waals surface area contributed by atoms with Crippen LogP contribution in [0.25, 0.3) is 0 Å². The number of carboxylic acids is 1. The Morgan fingerprint density at radius 2 is 2.00 bits per heavy atom. The first-order chi connectivity index (χ1) is 8.63. The maximum absolute atomic E-state index is 11.3. The summed E-state index contributed by atoms with van der Waals surface area (Å²) in [5.41, 5.74) is 6.24. The second-order valence-electron chi connectivity index (χ2n) is 3.76. The molecule has 0 spiro atoms. The highest BCUT2D eigenvalue weighted by atomic mass is 35.5. The van der Waals surface area contributed by atoms with Gasteiger partial charge >= 0.3 is 12.0 Å². The summed E-state index contributed by atoms with van der Waals surface area (Å²) in [6, 6.07) is 6.15. The summed E-state index contributed by atoms with van der Waals surface area (Å²) in [5.74, 6) is -0.982. The number of nitrogens with two attached hydrogens (primary N) is 1. The Kier molecular flexibility index (Phi) is 8.32. The number of nitrogens with one attached hydrogen (secondary N) is 2. The van der Waals surface area contributed by atoms with Crippen molar-refractivity contribution in [3.63, 3.8) is 0 Å². The Morgan fingerprint density at radius 1 is 1.26 bits per heavy atom.